The molecular formula is C32H37N3O. The largest absolute Gasteiger partial charge is 0.348 e. The van der Waals surface area contributed by atoms with Crippen LogP contribution in [0.2, 0.25) is 0 Å². The Labute approximate surface area is 214 Å². The van der Waals surface area contributed by atoms with Crippen LogP contribution in [-0.4, -0.2) is 34.9 Å². The normalized spacial score (nSPS) is 30.1. The van der Waals surface area contributed by atoms with Crippen molar-refractivity contribution in [2.45, 2.75) is 69.4 Å². The van der Waals surface area contributed by atoms with Crippen molar-refractivity contribution in [3.63, 3.8) is 0 Å². The quantitative estimate of drug-likeness (QED) is 0.481. The minimum atomic E-state index is 0.00763. The Morgan fingerprint density at radius 1 is 0.889 bits per heavy atom. The number of likely N-dealkylation sites (tertiary alicyclic amines) is 1. The zero-order chi connectivity index (χ0) is 24.1. The molecule has 36 heavy (non-hydrogen) atoms. The Bertz CT molecular complexity index is 1230. The Morgan fingerprint density at radius 2 is 1.53 bits per heavy atom. The van der Waals surface area contributed by atoms with E-state index in [1.807, 2.05) is 0 Å². The molecule has 1 N–H and O–H groups in total. The topological polar surface area (TPSA) is 45.2 Å². The molecule has 4 aliphatic carbocycles. The van der Waals surface area contributed by atoms with E-state index >= 15 is 0 Å². The van der Waals surface area contributed by atoms with Crippen LogP contribution in [0.15, 0.2) is 60.7 Å². The summed E-state index contributed by atoms with van der Waals surface area (Å²) >= 11 is 0. The maximum Gasteiger partial charge on any atom is 0.270 e. The fourth-order valence-electron chi connectivity index (χ4n) is 8.51. The van der Waals surface area contributed by atoms with Crippen molar-refractivity contribution in [3.05, 3.63) is 77.5 Å². The number of amides is 1. The first-order valence-corrected chi connectivity index (χ1v) is 14.1. The number of carbonyl (C=O) groups is 1. The molecule has 1 amide bonds. The van der Waals surface area contributed by atoms with Gasteiger partial charge in [-0.05, 0) is 97.8 Å². The molecule has 4 bridgehead atoms. The van der Waals surface area contributed by atoms with Gasteiger partial charge >= 0.3 is 0 Å². The van der Waals surface area contributed by atoms with Crippen LogP contribution >= 0.6 is 0 Å². The molecule has 1 aliphatic heterocycles. The van der Waals surface area contributed by atoms with Crippen LogP contribution in [0.1, 0.15) is 73.0 Å². The average Bonchev–Trinajstić information content (AvgIpc) is 2.89. The molecule has 1 saturated heterocycles. The van der Waals surface area contributed by atoms with Gasteiger partial charge in [-0.1, -0.05) is 48.5 Å². The highest BCUT2D eigenvalue weighted by Gasteiger charge is 2.52. The molecule has 0 radical (unpaired) electrons. The van der Waals surface area contributed by atoms with Crippen LogP contribution in [0.25, 0.3) is 10.9 Å². The second-order valence-corrected chi connectivity index (χ2v) is 12.3. The first-order valence-electron chi connectivity index (χ1n) is 14.1. The summed E-state index contributed by atoms with van der Waals surface area (Å²) in [5, 5.41) is 4.63. The van der Waals surface area contributed by atoms with Gasteiger partial charge in [0, 0.05) is 31.1 Å². The molecule has 0 spiro atoms. The molecule has 5 fully saturated rings. The number of pyridine rings is 1. The molecular weight excluding hydrogens is 442 g/mol. The molecule has 0 unspecified atom stereocenters. The summed E-state index contributed by atoms with van der Waals surface area (Å²) in [6.45, 7) is 3.02. The lowest BCUT2D eigenvalue weighted by atomic mass is 9.48. The number of nitrogens with one attached hydrogen (secondary N) is 1. The van der Waals surface area contributed by atoms with Gasteiger partial charge in [0.15, 0.2) is 0 Å². The zero-order valence-corrected chi connectivity index (χ0v) is 21.2. The van der Waals surface area contributed by atoms with Crippen LogP contribution in [0.3, 0.4) is 0 Å². The number of nitrogens with zero attached hydrogens (tertiary/aromatic N) is 2. The third-order valence-corrected chi connectivity index (χ3v) is 9.73. The van der Waals surface area contributed by atoms with E-state index in [4.69, 9.17) is 4.98 Å². The third-order valence-electron chi connectivity index (χ3n) is 9.73. The van der Waals surface area contributed by atoms with Crippen molar-refractivity contribution < 1.29 is 4.79 Å². The fraction of sp³-hybridized carbons (Fsp3) is 0.500. The van der Waals surface area contributed by atoms with Crippen molar-refractivity contribution in [2.75, 3.05) is 13.1 Å². The molecule has 8 rings (SSSR count). The maximum atomic E-state index is 13.5. The Balaban J connectivity index is 1.10. The van der Waals surface area contributed by atoms with E-state index in [2.05, 4.69) is 70.9 Å². The van der Waals surface area contributed by atoms with Crippen LogP contribution in [-0.2, 0) is 12.0 Å². The molecule has 0 atom stereocenters. The van der Waals surface area contributed by atoms with Crippen LogP contribution < -0.4 is 5.32 Å². The van der Waals surface area contributed by atoms with Crippen LogP contribution in [0.4, 0.5) is 0 Å². The standard InChI is InChI=1S/C32H37N3O/c36-31(33-26-10-12-35(13-11-26)21-22-6-2-1-3-7-22)30-17-28(27-8-4-5-9-29(27)34-30)32-18-23-14-24(19-32)16-25(15-23)20-32/h1-9,17,23-26H,10-16,18-21H2,(H,33,36). The van der Waals surface area contributed by atoms with Crippen LogP contribution in [0, 0.1) is 17.8 Å². The van der Waals surface area contributed by atoms with Gasteiger partial charge in [0.05, 0.1) is 5.52 Å². The zero-order valence-electron chi connectivity index (χ0n) is 21.2. The number of fused-ring (bicyclic) bond motifs is 1. The van der Waals surface area contributed by atoms with E-state index < -0.39 is 0 Å². The second-order valence-electron chi connectivity index (χ2n) is 12.3. The highest BCUT2D eigenvalue weighted by atomic mass is 16.1. The number of piperidine rings is 1. The number of hydrogen-bond donors (Lipinski definition) is 1. The lowest BCUT2D eigenvalue weighted by molar-refractivity contribution is -0.00454. The average molecular weight is 480 g/mol. The third kappa shape index (κ3) is 4.14. The second kappa shape index (κ2) is 8.99. The minimum absolute atomic E-state index is 0.00763. The fourth-order valence-corrected chi connectivity index (χ4v) is 8.51. The minimum Gasteiger partial charge on any atom is -0.348 e. The molecule has 5 aliphatic rings. The predicted octanol–water partition coefficient (Wildman–Crippen LogP) is 6.10. The Kier molecular flexibility index (Phi) is 5.61. The number of rotatable bonds is 5. The first kappa shape index (κ1) is 22.5. The smallest absolute Gasteiger partial charge is 0.270 e. The summed E-state index contributed by atoms with van der Waals surface area (Å²) < 4.78 is 0. The summed E-state index contributed by atoms with van der Waals surface area (Å²) in [5.74, 6) is 2.64. The number of carbonyl (C=O) groups excluding carboxylic acids is 1. The molecule has 186 valence electrons. The lowest BCUT2D eigenvalue weighted by Crippen LogP contribution is -2.48. The van der Waals surface area contributed by atoms with Crippen molar-refractivity contribution in [1.29, 1.82) is 0 Å². The molecule has 3 aromatic rings. The highest BCUT2D eigenvalue weighted by Crippen LogP contribution is 2.61. The molecule has 2 heterocycles. The van der Waals surface area contributed by atoms with E-state index in [0.717, 1.165) is 55.7 Å². The predicted molar refractivity (Wildman–Crippen MR) is 144 cm³/mol. The number of benzene rings is 2. The van der Waals surface area contributed by atoms with Crippen molar-refractivity contribution in [1.82, 2.24) is 15.2 Å². The summed E-state index contributed by atoms with van der Waals surface area (Å²) in [5.41, 5.74) is 4.61. The van der Waals surface area contributed by atoms with Gasteiger partial charge in [0.1, 0.15) is 5.69 Å². The van der Waals surface area contributed by atoms with Crippen molar-refractivity contribution >= 4 is 16.8 Å². The Hall–Kier alpha value is -2.72. The van der Waals surface area contributed by atoms with Gasteiger partial charge in [-0.15, -0.1) is 0 Å². The number of para-hydroxylation sites is 1. The molecule has 4 saturated carbocycles. The van der Waals surface area contributed by atoms with Crippen molar-refractivity contribution in [3.8, 4) is 0 Å². The van der Waals surface area contributed by atoms with E-state index in [-0.39, 0.29) is 17.4 Å². The van der Waals surface area contributed by atoms with E-state index in [9.17, 15) is 4.79 Å². The van der Waals surface area contributed by atoms with Crippen molar-refractivity contribution in [2.24, 2.45) is 17.8 Å². The molecule has 1 aromatic heterocycles. The van der Waals surface area contributed by atoms with Crippen LogP contribution in [0.5, 0.6) is 0 Å². The molecule has 4 nitrogen and oxygen atoms in total. The maximum absolute atomic E-state index is 13.5. The summed E-state index contributed by atoms with van der Waals surface area (Å²) in [6.07, 6.45) is 10.2. The van der Waals surface area contributed by atoms with Gasteiger partial charge in [0.2, 0.25) is 0 Å². The monoisotopic (exact) mass is 479 g/mol. The SMILES string of the molecule is O=C(NC1CCN(Cc2ccccc2)CC1)c1cc(C23CC4CC(CC(C4)C2)C3)c2ccccc2n1. The first-order chi connectivity index (χ1) is 17.6. The van der Waals surface area contributed by atoms with E-state index in [0.29, 0.717) is 5.69 Å². The van der Waals surface area contributed by atoms with E-state index in [1.165, 1.54) is 55.0 Å². The number of aromatic nitrogens is 1. The molecule has 4 heteroatoms. The lowest BCUT2D eigenvalue weighted by Gasteiger charge is -2.57. The molecule has 2 aromatic carbocycles. The van der Waals surface area contributed by atoms with Gasteiger partial charge in [-0.2, -0.15) is 0 Å². The van der Waals surface area contributed by atoms with Gasteiger partial charge in [0.25, 0.3) is 5.91 Å². The summed E-state index contributed by atoms with van der Waals surface area (Å²) in [6, 6.07) is 21.6. The van der Waals surface area contributed by atoms with Gasteiger partial charge in [-0.25, -0.2) is 4.98 Å². The highest BCUT2D eigenvalue weighted by molar-refractivity contribution is 5.96. The Morgan fingerprint density at radius 3 is 2.22 bits per heavy atom. The van der Waals surface area contributed by atoms with E-state index in [1.54, 1.807) is 0 Å². The van der Waals surface area contributed by atoms with Gasteiger partial charge in [-0.3, -0.25) is 9.69 Å². The summed E-state index contributed by atoms with van der Waals surface area (Å²) in [4.78, 5) is 20.9. The summed E-state index contributed by atoms with van der Waals surface area (Å²) in [7, 11) is 0. The van der Waals surface area contributed by atoms with Gasteiger partial charge < -0.3 is 5.32 Å². The number of hydrogen-bond acceptors (Lipinski definition) is 3.